The van der Waals surface area contributed by atoms with Crippen molar-refractivity contribution < 1.29 is 76.8 Å². The van der Waals surface area contributed by atoms with Crippen LogP contribution < -0.4 is 26.6 Å². The maximum Gasteiger partial charge on any atom is 0.407 e. The molecule has 0 fully saturated rings. The highest BCUT2D eigenvalue weighted by Crippen LogP contribution is 2.47. The van der Waals surface area contributed by atoms with Crippen LogP contribution in [0.25, 0.3) is 33.4 Å². The van der Waals surface area contributed by atoms with E-state index in [4.69, 9.17) is 23.7 Å². The molecule has 8 aromatic rings. The number of hydrogen-bond donors (Lipinski definition) is 7. The van der Waals surface area contributed by atoms with E-state index >= 15 is 0 Å². The van der Waals surface area contributed by atoms with E-state index in [1.165, 1.54) is 16.7 Å². The summed E-state index contributed by atoms with van der Waals surface area (Å²) in [7, 11) is -2.21. The second kappa shape index (κ2) is 37.0. The number of carboxylic acid groups (broad SMARTS) is 2. The summed E-state index contributed by atoms with van der Waals surface area (Å²) in [6.45, 7) is 11.9. The lowest BCUT2D eigenvalue weighted by atomic mass is 9.98. The van der Waals surface area contributed by atoms with Gasteiger partial charge in [0, 0.05) is 43.7 Å². The standard InChI is InChI=1S/C34H41N3O6Si.C31H33N3O6.C17H15NO4/c1-6-37(23(2)32(39)36-30(33(40)43-44(3,4)5)20-24-14-8-7-9-15-24)31(38)21-35-34(41)42-22-29-27-18-12-10-16-25(27)26-17-11-13-19-28(26)29;1-3-34(20(2)29(36)33-27(30(37)38)17-21-11-5-4-6-12-21)28(35)18-32-31(39)40-19-26-24-15-9-7-13-22(24)23-14-8-10-16-25(23)26;19-16(20)9-18-17(21)22-10-15-13-7-3-1-5-11(13)12-6-2-4-8-14(12)15/h7-19,23,29-30H,6,20-22H2,1-5H3,(H,35,41)(H,36,39);4-16,20,26-27H,3,17-19H2,1-2H3,(H,32,39)(H,33,36)(H,37,38);1-8,15H,9-10H2,(H,18,21)(H,19,20)/t23-,30-;20-,27-;/m00./s1. The molecule has 0 saturated heterocycles. The largest absolute Gasteiger partial charge is 0.518 e. The molecule has 0 spiro atoms. The molecule has 0 unspecified atom stereocenters. The molecule has 0 aliphatic heterocycles. The maximum atomic E-state index is 13.3. The van der Waals surface area contributed by atoms with Crippen molar-refractivity contribution in [3.8, 4) is 33.4 Å². The fraction of sp³-hybridized carbons (Fsp3) is 0.293. The third-order valence-electron chi connectivity index (χ3n) is 18.4. The molecule has 552 valence electrons. The molecule has 3 aliphatic carbocycles. The Labute approximate surface area is 617 Å². The van der Waals surface area contributed by atoms with E-state index in [0.717, 1.165) is 77.9 Å². The van der Waals surface area contributed by atoms with Crippen molar-refractivity contribution in [1.82, 2.24) is 36.4 Å². The minimum absolute atomic E-state index is 0.0250. The van der Waals surface area contributed by atoms with Crippen LogP contribution >= 0.6 is 0 Å². The van der Waals surface area contributed by atoms with Gasteiger partial charge in [0.1, 0.15) is 63.6 Å². The van der Waals surface area contributed by atoms with Gasteiger partial charge in [0.15, 0.2) is 0 Å². The van der Waals surface area contributed by atoms with Crippen LogP contribution in [0.1, 0.15) is 90.0 Å². The number of hydrogen-bond acceptors (Lipinski definition) is 14. The Bertz CT molecular complexity index is 4320. The zero-order chi connectivity index (χ0) is 76.0. The average molecular weight is 1460 g/mol. The first kappa shape index (κ1) is 78.2. The van der Waals surface area contributed by atoms with Crippen LogP contribution in [0.15, 0.2) is 206 Å². The van der Waals surface area contributed by atoms with Crippen molar-refractivity contribution in [1.29, 1.82) is 0 Å². The molecule has 23 nitrogen and oxygen atoms in total. The van der Waals surface area contributed by atoms with E-state index in [-0.39, 0.29) is 76.6 Å². The highest BCUT2D eigenvalue weighted by molar-refractivity contribution is 6.71. The summed E-state index contributed by atoms with van der Waals surface area (Å²) in [6.07, 6.45) is -1.81. The highest BCUT2D eigenvalue weighted by Gasteiger charge is 2.36. The number of benzene rings is 8. The number of rotatable bonds is 27. The number of carboxylic acids is 2. The Morgan fingerprint density at radius 2 is 0.670 bits per heavy atom. The summed E-state index contributed by atoms with van der Waals surface area (Å²) < 4.78 is 21.9. The first-order valence-electron chi connectivity index (χ1n) is 35.2. The predicted octanol–water partition coefficient (Wildman–Crippen LogP) is 11.1. The summed E-state index contributed by atoms with van der Waals surface area (Å²) in [6, 6.07) is 62.5. The molecule has 11 rings (SSSR count). The van der Waals surface area contributed by atoms with E-state index < -0.39 is 98.8 Å². The number of likely N-dealkylation sites (N-methyl/N-ethyl adjacent to an activating group) is 2. The van der Waals surface area contributed by atoms with E-state index in [0.29, 0.717) is 0 Å². The molecule has 0 bridgehead atoms. The van der Waals surface area contributed by atoms with Crippen molar-refractivity contribution in [2.24, 2.45) is 0 Å². The van der Waals surface area contributed by atoms with Crippen molar-refractivity contribution in [2.45, 2.75) is 102 Å². The molecule has 8 aromatic carbocycles. The fourth-order valence-corrected chi connectivity index (χ4v) is 14.0. The fourth-order valence-electron chi connectivity index (χ4n) is 13.3. The van der Waals surface area contributed by atoms with Gasteiger partial charge in [-0.3, -0.25) is 28.8 Å². The normalized spacial score (nSPS) is 13.2. The van der Waals surface area contributed by atoms with Gasteiger partial charge < -0.3 is 65.2 Å². The smallest absolute Gasteiger partial charge is 0.407 e. The highest BCUT2D eigenvalue weighted by atomic mass is 28.4. The van der Waals surface area contributed by atoms with Gasteiger partial charge in [0.25, 0.3) is 0 Å². The average Bonchev–Trinajstić information content (AvgIpc) is 1.63. The Morgan fingerprint density at radius 3 is 0.953 bits per heavy atom. The van der Waals surface area contributed by atoms with Crippen LogP contribution in [-0.2, 0) is 65.0 Å². The van der Waals surface area contributed by atoms with Gasteiger partial charge in [0.2, 0.25) is 31.9 Å². The quantitative estimate of drug-likeness (QED) is 0.0186. The SMILES string of the molecule is CCN(C(=O)CNC(=O)OCC1c2ccccc2-c2ccccc21)[C@@H](C)C(=O)N[C@@H](Cc1ccccc1)C(=O)O.CCN(C(=O)CNC(=O)OCC1c2ccccc2-c2ccccc21)[C@@H](C)C(=O)N[C@@H](Cc1ccccc1)C(=O)O[Si](C)(C)C.O=C(O)CNC(=O)OCC1c2ccccc2-c2ccccc21. The van der Waals surface area contributed by atoms with Gasteiger partial charge in [-0.05, 0) is 125 Å². The second-order valence-electron chi connectivity index (χ2n) is 26.5. The Morgan fingerprint density at radius 1 is 0.396 bits per heavy atom. The lowest BCUT2D eigenvalue weighted by Gasteiger charge is -2.29. The van der Waals surface area contributed by atoms with Gasteiger partial charge in [0.05, 0.1) is 0 Å². The minimum atomic E-state index is -2.21. The van der Waals surface area contributed by atoms with Crippen LogP contribution in [0.2, 0.25) is 19.6 Å². The first-order chi connectivity index (χ1) is 50.9. The Hall–Kier alpha value is -11.9. The molecule has 3 aliphatic rings. The predicted molar refractivity (Wildman–Crippen MR) is 402 cm³/mol. The van der Waals surface area contributed by atoms with Gasteiger partial charge in [-0.15, -0.1) is 0 Å². The van der Waals surface area contributed by atoms with Crippen LogP contribution in [0.5, 0.6) is 0 Å². The molecule has 0 aromatic heterocycles. The zero-order valence-electron chi connectivity index (χ0n) is 60.2. The van der Waals surface area contributed by atoms with E-state index in [1.807, 2.05) is 177 Å². The molecule has 7 amide bonds. The van der Waals surface area contributed by atoms with Crippen molar-refractivity contribution in [3.05, 3.63) is 251 Å². The number of fused-ring (bicyclic) bond motifs is 9. The van der Waals surface area contributed by atoms with Crippen LogP contribution in [0.3, 0.4) is 0 Å². The molecular formula is C82H89N7O16Si. The van der Waals surface area contributed by atoms with E-state index in [1.54, 1.807) is 45.0 Å². The monoisotopic (exact) mass is 1460 g/mol. The van der Waals surface area contributed by atoms with Gasteiger partial charge >= 0.3 is 36.2 Å². The number of alkyl carbamates (subject to hydrolysis) is 3. The molecule has 4 atom stereocenters. The van der Waals surface area contributed by atoms with Crippen LogP contribution in [0.4, 0.5) is 14.4 Å². The Balaban J connectivity index is 0.000000193. The van der Waals surface area contributed by atoms with Crippen LogP contribution in [0, 0.1) is 0 Å². The number of ether oxygens (including phenoxy) is 3. The van der Waals surface area contributed by atoms with E-state index in [9.17, 15) is 53.1 Å². The lowest BCUT2D eigenvalue weighted by Crippen LogP contribution is -2.55. The second-order valence-corrected chi connectivity index (χ2v) is 30.9. The summed E-state index contributed by atoms with van der Waals surface area (Å²) >= 11 is 0. The lowest BCUT2D eigenvalue weighted by molar-refractivity contribution is -0.144. The third-order valence-corrected chi connectivity index (χ3v) is 19.2. The molecule has 0 heterocycles. The number of aliphatic carboxylic acids is 2. The number of carbonyl (C=O) groups excluding carboxylic acids is 8. The van der Waals surface area contributed by atoms with Crippen molar-refractivity contribution >= 4 is 68.1 Å². The summed E-state index contributed by atoms with van der Waals surface area (Å²) in [5.74, 6) is -5.04. The summed E-state index contributed by atoms with van der Waals surface area (Å²) in [4.78, 5) is 127. The molecule has 106 heavy (non-hydrogen) atoms. The van der Waals surface area contributed by atoms with Crippen molar-refractivity contribution in [3.63, 3.8) is 0 Å². The first-order valence-corrected chi connectivity index (χ1v) is 38.6. The van der Waals surface area contributed by atoms with Crippen LogP contribution in [-0.4, -0.2) is 165 Å². The summed E-state index contributed by atoms with van der Waals surface area (Å²) in [5, 5.41) is 30.6. The topological polar surface area (TPSA) is 315 Å². The molecular weight excluding hydrogens is 1370 g/mol. The van der Waals surface area contributed by atoms with Gasteiger partial charge in [-0.2, -0.15) is 0 Å². The van der Waals surface area contributed by atoms with E-state index in [2.05, 4.69) is 50.8 Å². The number of nitrogens with one attached hydrogen (secondary N) is 5. The Kier molecular flexibility index (Phi) is 27.3. The number of nitrogens with zero attached hydrogens (tertiary/aromatic N) is 2. The molecule has 7 N–H and O–H groups in total. The van der Waals surface area contributed by atoms with Gasteiger partial charge in [-0.1, -0.05) is 206 Å². The third kappa shape index (κ3) is 20.5. The molecule has 24 heteroatoms. The van der Waals surface area contributed by atoms with Crippen molar-refractivity contribution in [2.75, 3.05) is 52.5 Å². The minimum Gasteiger partial charge on any atom is -0.518 e. The van der Waals surface area contributed by atoms with Gasteiger partial charge in [-0.25, -0.2) is 19.2 Å². The molecule has 0 saturated carbocycles. The zero-order valence-corrected chi connectivity index (χ0v) is 61.2. The number of amides is 7. The summed E-state index contributed by atoms with van der Waals surface area (Å²) in [5.41, 5.74) is 15.0. The molecule has 0 radical (unpaired) electrons. The number of carbonyl (C=O) groups is 10. The maximum absolute atomic E-state index is 13.3.